The van der Waals surface area contributed by atoms with Gasteiger partial charge in [0.25, 0.3) is 5.91 Å². The fourth-order valence-electron chi connectivity index (χ4n) is 2.72. The van der Waals surface area contributed by atoms with E-state index in [-0.39, 0.29) is 15.5 Å². The number of amides is 1. The van der Waals surface area contributed by atoms with E-state index in [1.54, 1.807) is 22.8 Å². The first-order valence-corrected chi connectivity index (χ1v) is 11.3. The largest absolute Gasteiger partial charge is 0.322 e. The third kappa shape index (κ3) is 3.91. The van der Waals surface area contributed by atoms with Gasteiger partial charge in [0.15, 0.2) is 0 Å². The molecule has 0 unspecified atom stereocenters. The molecule has 1 N–H and O–H groups in total. The SMILES string of the molecule is CCn1c(=O)sc2cc(NC(=O)c3ccc(N(C)S(C)(=O)=O)cc3Cl)ccc21. The number of carbonyl (C=O) groups is 1. The fraction of sp³-hybridized carbons (Fsp3) is 0.222. The van der Waals surface area contributed by atoms with Crippen LogP contribution in [0.2, 0.25) is 5.02 Å². The van der Waals surface area contributed by atoms with E-state index < -0.39 is 15.9 Å². The quantitative estimate of drug-likeness (QED) is 0.660. The number of halogens is 1. The summed E-state index contributed by atoms with van der Waals surface area (Å²) in [5, 5.41) is 2.89. The first kappa shape index (κ1) is 20.4. The van der Waals surface area contributed by atoms with Crippen molar-refractivity contribution in [3.05, 3.63) is 56.7 Å². The van der Waals surface area contributed by atoms with E-state index in [9.17, 15) is 18.0 Å². The molecule has 0 radical (unpaired) electrons. The number of anilines is 2. The summed E-state index contributed by atoms with van der Waals surface area (Å²) in [7, 11) is -2.02. The van der Waals surface area contributed by atoms with E-state index in [1.165, 1.54) is 25.2 Å². The topological polar surface area (TPSA) is 88.5 Å². The molecule has 28 heavy (non-hydrogen) atoms. The number of nitrogens with zero attached hydrogens (tertiary/aromatic N) is 2. The Labute approximate surface area is 171 Å². The number of sulfonamides is 1. The molecule has 7 nitrogen and oxygen atoms in total. The zero-order valence-electron chi connectivity index (χ0n) is 15.4. The number of fused-ring (bicyclic) bond motifs is 1. The van der Waals surface area contributed by atoms with Gasteiger partial charge in [0.05, 0.1) is 32.7 Å². The van der Waals surface area contributed by atoms with Crippen molar-refractivity contribution < 1.29 is 13.2 Å². The van der Waals surface area contributed by atoms with Gasteiger partial charge in [-0.2, -0.15) is 0 Å². The van der Waals surface area contributed by atoms with Crippen LogP contribution in [0.1, 0.15) is 17.3 Å². The summed E-state index contributed by atoms with van der Waals surface area (Å²) in [6, 6.07) is 9.66. The monoisotopic (exact) mass is 439 g/mol. The van der Waals surface area contributed by atoms with Crippen LogP contribution in [-0.2, 0) is 16.6 Å². The van der Waals surface area contributed by atoms with Crippen LogP contribution in [-0.4, -0.2) is 32.2 Å². The molecule has 2 aromatic carbocycles. The Hall–Kier alpha value is -2.36. The number of nitrogens with one attached hydrogen (secondary N) is 1. The molecule has 10 heteroatoms. The van der Waals surface area contributed by atoms with Crippen molar-refractivity contribution in [2.75, 3.05) is 22.9 Å². The van der Waals surface area contributed by atoms with Gasteiger partial charge < -0.3 is 5.32 Å². The zero-order chi connectivity index (χ0) is 20.6. The summed E-state index contributed by atoms with van der Waals surface area (Å²) in [6.45, 7) is 2.48. The van der Waals surface area contributed by atoms with Gasteiger partial charge in [0.1, 0.15) is 0 Å². The van der Waals surface area contributed by atoms with Crippen molar-refractivity contribution in [3.8, 4) is 0 Å². The molecule has 0 saturated heterocycles. The number of hydrogen-bond donors (Lipinski definition) is 1. The maximum absolute atomic E-state index is 12.6. The zero-order valence-corrected chi connectivity index (χ0v) is 17.8. The van der Waals surface area contributed by atoms with Crippen LogP contribution in [0, 0.1) is 0 Å². The summed E-state index contributed by atoms with van der Waals surface area (Å²) < 4.78 is 26.8. The summed E-state index contributed by atoms with van der Waals surface area (Å²) in [4.78, 5) is 24.5. The molecule has 0 aliphatic heterocycles. The van der Waals surface area contributed by atoms with Crippen molar-refractivity contribution in [1.29, 1.82) is 0 Å². The molecular formula is C18H18ClN3O4S2. The molecule has 3 rings (SSSR count). The van der Waals surface area contributed by atoms with Crippen molar-refractivity contribution in [2.24, 2.45) is 0 Å². The second-order valence-electron chi connectivity index (χ2n) is 6.14. The smallest absolute Gasteiger partial charge is 0.308 e. The van der Waals surface area contributed by atoms with Crippen molar-refractivity contribution in [3.63, 3.8) is 0 Å². The lowest BCUT2D eigenvalue weighted by atomic mass is 10.2. The second kappa shape index (κ2) is 7.57. The van der Waals surface area contributed by atoms with E-state index in [2.05, 4.69) is 5.32 Å². The summed E-state index contributed by atoms with van der Waals surface area (Å²) >= 11 is 7.32. The molecule has 0 spiro atoms. The van der Waals surface area contributed by atoms with E-state index in [0.29, 0.717) is 17.9 Å². The van der Waals surface area contributed by atoms with Crippen LogP contribution in [0.25, 0.3) is 10.2 Å². The Kier molecular flexibility index (Phi) is 5.51. The number of aryl methyl sites for hydroxylation is 1. The van der Waals surface area contributed by atoms with Gasteiger partial charge >= 0.3 is 4.87 Å². The molecule has 1 heterocycles. The Bertz CT molecular complexity index is 1230. The number of rotatable bonds is 5. The van der Waals surface area contributed by atoms with Gasteiger partial charge in [-0.25, -0.2) is 8.42 Å². The molecular weight excluding hydrogens is 422 g/mol. The van der Waals surface area contributed by atoms with Gasteiger partial charge in [-0.3, -0.25) is 18.5 Å². The minimum Gasteiger partial charge on any atom is -0.322 e. The second-order valence-corrected chi connectivity index (χ2v) is 9.56. The van der Waals surface area contributed by atoms with Crippen LogP contribution in [0.5, 0.6) is 0 Å². The van der Waals surface area contributed by atoms with E-state index >= 15 is 0 Å². The van der Waals surface area contributed by atoms with E-state index in [0.717, 1.165) is 32.1 Å². The van der Waals surface area contributed by atoms with Crippen molar-refractivity contribution in [1.82, 2.24) is 4.57 Å². The van der Waals surface area contributed by atoms with Crippen molar-refractivity contribution >= 4 is 60.5 Å². The Balaban J connectivity index is 1.87. The predicted octanol–water partition coefficient (Wildman–Crippen LogP) is 3.38. The van der Waals surface area contributed by atoms with Crippen LogP contribution < -0.4 is 14.5 Å². The molecule has 3 aromatic rings. The number of hydrogen-bond acceptors (Lipinski definition) is 5. The lowest BCUT2D eigenvalue weighted by molar-refractivity contribution is 0.102. The standard InChI is InChI=1S/C18H18ClN3O4S2/c1-4-22-15-8-5-11(9-16(15)27-18(22)24)20-17(23)13-7-6-12(10-14(13)19)21(2)28(3,25)26/h5-10H,4H2,1-3H3,(H,20,23). The lowest BCUT2D eigenvalue weighted by Crippen LogP contribution is -2.25. The fourth-order valence-corrected chi connectivity index (χ4v) is 4.47. The van der Waals surface area contributed by atoms with E-state index in [4.69, 9.17) is 11.6 Å². The van der Waals surface area contributed by atoms with Crippen LogP contribution in [0.3, 0.4) is 0 Å². The molecule has 0 saturated carbocycles. The van der Waals surface area contributed by atoms with Crippen LogP contribution in [0.15, 0.2) is 41.2 Å². The van der Waals surface area contributed by atoms with Crippen molar-refractivity contribution in [2.45, 2.75) is 13.5 Å². The number of aromatic nitrogens is 1. The highest BCUT2D eigenvalue weighted by atomic mass is 35.5. The minimum absolute atomic E-state index is 0.0467. The lowest BCUT2D eigenvalue weighted by Gasteiger charge is -2.17. The number of thiazole rings is 1. The average Bonchev–Trinajstić information content (AvgIpc) is 2.94. The molecule has 148 valence electrons. The third-order valence-electron chi connectivity index (χ3n) is 4.30. The van der Waals surface area contributed by atoms with Crippen LogP contribution in [0.4, 0.5) is 11.4 Å². The summed E-state index contributed by atoms with van der Waals surface area (Å²) in [5.74, 6) is -0.430. The Morgan fingerprint density at radius 2 is 1.96 bits per heavy atom. The van der Waals surface area contributed by atoms with Gasteiger partial charge in [-0.1, -0.05) is 22.9 Å². The summed E-state index contributed by atoms with van der Waals surface area (Å²) in [5.41, 5.74) is 1.93. The average molecular weight is 440 g/mol. The molecule has 0 aliphatic carbocycles. The van der Waals surface area contributed by atoms with Gasteiger partial charge in [-0.05, 0) is 43.3 Å². The van der Waals surface area contributed by atoms with Gasteiger partial charge in [0.2, 0.25) is 10.0 Å². The van der Waals surface area contributed by atoms with Gasteiger partial charge in [0, 0.05) is 19.3 Å². The van der Waals surface area contributed by atoms with Crippen LogP contribution >= 0.6 is 22.9 Å². The maximum atomic E-state index is 12.6. The highest BCUT2D eigenvalue weighted by Gasteiger charge is 2.17. The summed E-state index contributed by atoms with van der Waals surface area (Å²) in [6.07, 6.45) is 1.08. The molecule has 0 aliphatic rings. The highest BCUT2D eigenvalue weighted by Crippen LogP contribution is 2.26. The maximum Gasteiger partial charge on any atom is 0.308 e. The molecule has 1 aromatic heterocycles. The normalized spacial score (nSPS) is 11.6. The Morgan fingerprint density at radius 1 is 1.25 bits per heavy atom. The molecule has 0 fully saturated rings. The highest BCUT2D eigenvalue weighted by molar-refractivity contribution is 7.92. The molecule has 0 atom stereocenters. The Morgan fingerprint density at radius 3 is 2.57 bits per heavy atom. The predicted molar refractivity (Wildman–Crippen MR) is 114 cm³/mol. The first-order chi connectivity index (χ1) is 13.1. The van der Waals surface area contributed by atoms with E-state index in [1.807, 2.05) is 6.92 Å². The molecule has 0 bridgehead atoms. The number of carbonyl (C=O) groups excluding carboxylic acids is 1. The molecule has 1 amide bonds. The van der Waals surface area contributed by atoms with Gasteiger partial charge in [-0.15, -0.1) is 0 Å². The first-order valence-electron chi connectivity index (χ1n) is 8.30. The third-order valence-corrected chi connectivity index (χ3v) is 6.76. The minimum atomic E-state index is -3.43. The number of benzene rings is 2.